The third-order valence-corrected chi connectivity index (χ3v) is 1.55. The number of alkyl halides is 3. The lowest BCUT2D eigenvalue weighted by molar-refractivity contribution is -0.309. The molecule has 1 atom stereocenters. The Balaban J connectivity index is 2.70. The largest absolute Gasteiger partial charge is 0.575 e. The first-order valence-corrected chi connectivity index (χ1v) is 3.93. The van der Waals surface area contributed by atoms with E-state index in [1.54, 1.807) is 6.07 Å². The van der Waals surface area contributed by atoms with E-state index in [1.807, 2.05) is 0 Å². The van der Waals surface area contributed by atoms with Gasteiger partial charge in [0.15, 0.2) is 6.10 Å². The maximum Gasteiger partial charge on any atom is 0.575 e. The summed E-state index contributed by atoms with van der Waals surface area (Å²) in [6.45, 7) is 0. The molecular formula is C9H7F3O3. The van der Waals surface area contributed by atoms with Crippen LogP contribution in [0.15, 0.2) is 30.3 Å². The van der Waals surface area contributed by atoms with Crippen LogP contribution in [0.1, 0.15) is 11.7 Å². The summed E-state index contributed by atoms with van der Waals surface area (Å²) in [5, 5.41) is 9.18. The molecule has 3 nitrogen and oxygen atoms in total. The van der Waals surface area contributed by atoms with Crippen molar-refractivity contribution in [3.8, 4) is 0 Å². The fourth-order valence-electron chi connectivity index (χ4n) is 0.941. The second kappa shape index (κ2) is 4.31. The van der Waals surface area contributed by atoms with Crippen molar-refractivity contribution in [2.24, 2.45) is 0 Å². The maximum absolute atomic E-state index is 11.6. The van der Waals surface area contributed by atoms with Crippen LogP contribution in [0.25, 0.3) is 0 Å². The normalized spacial score (nSPS) is 13.3. The summed E-state index contributed by atoms with van der Waals surface area (Å²) < 4.78 is 37.9. The number of aliphatic hydroxyl groups excluding tert-OH is 1. The Kier molecular flexibility index (Phi) is 3.31. The van der Waals surface area contributed by atoms with Gasteiger partial charge in [-0.05, 0) is 5.56 Å². The molecule has 0 aliphatic carbocycles. The summed E-state index contributed by atoms with van der Waals surface area (Å²) in [7, 11) is 0. The number of hydrogen-bond acceptors (Lipinski definition) is 3. The van der Waals surface area contributed by atoms with Crippen LogP contribution in [-0.2, 0) is 9.53 Å². The minimum atomic E-state index is -5.08. The molecule has 0 saturated heterocycles. The average molecular weight is 220 g/mol. The molecule has 0 aliphatic heterocycles. The Morgan fingerprint density at radius 2 is 1.80 bits per heavy atom. The smallest absolute Gasteiger partial charge is 0.377 e. The molecule has 1 rings (SSSR count). The molecule has 0 aliphatic rings. The molecule has 0 fully saturated rings. The lowest BCUT2D eigenvalue weighted by atomic mass is 10.1. The van der Waals surface area contributed by atoms with E-state index in [2.05, 4.69) is 4.74 Å². The Labute approximate surface area is 83.1 Å². The average Bonchev–Trinajstić information content (AvgIpc) is 2.15. The van der Waals surface area contributed by atoms with Gasteiger partial charge in [-0.15, -0.1) is 13.2 Å². The number of halogens is 3. The van der Waals surface area contributed by atoms with Crippen LogP contribution in [0.5, 0.6) is 0 Å². The summed E-state index contributed by atoms with van der Waals surface area (Å²) in [6, 6.07) is 7.22. The van der Waals surface area contributed by atoms with Gasteiger partial charge in [-0.25, -0.2) is 4.79 Å². The monoisotopic (exact) mass is 220 g/mol. The van der Waals surface area contributed by atoms with Crippen molar-refractivity contribution in [3.05, 3.63) is 35.9 Å². The SMILES string of the molecule is O=C(OC(F)(F)F)[C@H](O)c1ccccc1. The molecular weight excluding hydrogens is 213 g/mol. The summed E-state index contributed by atoms with van der Waals surface area (Å²) in [5.41, 5.74) is 0.0479. The molecule has 6 heteroatoms. The molecule has 0 amide bonds. The van der Waals surface area contributed by atoms with Gasteiger partial charge in [-0.3, -0.25) is 0 Å². The highest BCUT2D eigenvalue weighted by Gasteiger charge is 2.36. The number of aliphatic hydroxyl groups is 1. The van der Waals surface area contributed by atoms with Crippen molar-refractivity contribution in [1.82, 2.24) is 0 Å². The zero-order valence-electron chi connectivity index (χ0n) is 7.36. The van der Waals surface area contributed by atoms with E-state index >= 15 is 0 Å². The predicted octanol–water partition coefficient (Wildman–Crippen LogP) is 1.78. The van der Waals surface area contributed by atoms with Crippen molar-refractivity contribution in [1.29, 1.82) is 0 Å². The number of rotatable bonds is 2. The van der Waals surface area contributed by atoms with E-state index in [1.165, 1.54) is 24.3 Å². The topological polar surface area (TPSA) is 46.5 Å². The maximum atomic E-state index is 11.6. The first-order valence-electron chi connectivity index (χ1n) is 3.93. The third-order valence-electron chi connectivity index (χ3n) is 1.55. The van der Waals surface area contributed by atoms with Crippen molar-refractivity contribution in [2.75, 3.05) is 0 Å². The summed E-state index contributed by atoms with van der Waals surface area (Å²) in [6.07, 6.45) is -7.00. The number of hydrogen-bond donors (Lipinski definition) is 1. The van der Waals surface area contributed by atoms with E-state index < -0.39 is 18.4 Å². The second-order valence-corrected chi connectivity index (χ2v) is 2.68. The lowest BCUT2D eigenvalue weighted by Gasteiger charge is -2.11. The van der Waals surface area contributed by atoms with Gasteiger partial charge >= 0.3 is 12.3 Å². The molecule has 0 aromatic heterocycles. The van der Waals surface area contributed by atoms with E-state index in [-0.39, 0.29) is 5.56 Å². The van der Waals surface area contributed by atoms with E-state index in [0.29, 0.717) is 0 Å². The molecule has 0 saturated carbocycles. The molecule has 1 aromatic carbocycles. The van der Waals surface area contributed by atoms with Crippen molar-refractivity contribution in [2.45, 2.75) is 12.5 Å². The minimum Gasteiger partial charge on any atom is -0.377 e. The van der Waals surface area contributed by atoms with Gasteiger partial charge in [0.05, 0.1) is 0 Å². The Hall–Kier alpha value is -1.56. The zero-order valence-corrected chi connectivity index (χ0v) is 7.36. The predicted molar refractivity (Wildman–Crippen MR) is 43.5 cm³/mol. The number of esters is 1. The van der Waals surface area contributed by atoms with Crippen LogP contribution >= 0.6 is 0 Å². The number of carbonyl (C=O) groups is 1. The van der Waals surface area contributed by atoms with Crippen LogP contribution in [0.4, 0.5) is 13.2 Å². The summed E-state index contributed by atoms with van der Waals surface area (Å²) >= 11 is 0. The van der Waals surface area contributed by atoms with Crippen LogP contribution in [-0.4, -0.2) is 17.4 Å². The third kappa shape index (κ3) is 3.59. The van der Waals surface area contributed by atoms with Crippen molar-refractivity contribution in [3.63, 3.8) is 0 Å². The van der Waals surface area contributed by atoms with E-state index in [9.17, 15) is 23.1 Å². The molecule has 0 bridgehead atoms. The quantitative estimate of drug-likeness (QED) is 0.773. The highest BCUT2D eigenvalue weighted by atomic mass is 19.4. The van der Waals surface area contributed by atoms with Gasteiger partial charge in [-0.2, -0.15) is 0 Å². The number of carbonyl (C=O) groups excluding carboxylic acids is 1. The van der Waals surface area contributed by atoms with Crippen molar-refractivity contribution < 1.29 is 27.8 Å². The molecule has 0 unspecified atom stereocenters. The van der Waals surface area contributed by atoms with Gasteiger partial charge in [0.25, 0.3) is 0 Å². The van der Waals surface area contributed by atoms with Crippen LogP contribution < -0.4 is 0 Å². The first kappa shape index (κ1) is 11.5. The van der Waals surface area contributed by atoms with Gasteiger partial charge < -0.3 is 9.84 Å². The van der Waals surface area contributed by atoms with Crippen LogP contribution in [0.2, 0.25) is 0 Å². The van der Waals surface area contributed by atoms with Gasteiger partial charge in [-0.1, -0.05) is 30.3 Å². The highest BCUT2D eigenvalue weighted by molar-refractivity contribution is 5.76. The zero-order chi connectivity index (χ0) is 11.5. The van der Waals surface area contributed by atoms with E-state index in [0.717, 1.165) is 0 Å². The Bertz CT molecular complexity index is 334. The van der Waals surface area contributed by atoms with Gasteiger partial charge in [0, 0.05) is 0 Å². The molecule has 1 N–H and O–H groups in total. The lowest BCUT2D eigenvalue weighted by Crippen LogP contribution is -2.24. The van der Waals surface area contributed by atoms with Crippen LogP contribution in [0, 0.1) is 0 Å². The number of ether oxygens (including phenoxy) is 1. The second-order valence-electron chi connectivity index (χ2n) is 2.68. The van der Waals surface area contributed by atoms with E-state index in [4.69, 9.17) is 0 Å². The first-order chi connectivity index (χ1) is 6.90. The van der Waals surface area contributed by atoms with Crippen LogP contribution in [0.3, 0.4) is 0 Å². The molecule has 0 heterocycles. The van der Waals surface area contributed by atoms with Gasteiger partial charge in [0.2, 0.25) is 0 Å². The van der Waals surface area contributed by atoms with Gasteiger partial charge in [0.1, 0.15) is 0 Å². The number of benzene rings is 1. The summed E-state index contributed by atoms with van der Waals surface area (Å²) in [5.74, 6) is -1.74. The molecule has 0 radical (unpaired) electrons. The molecule has 0 spiro atoms. The molecule has 15 heavy (non-hydrogen) atoms. The molecule has 1 aromatic rings. The fourth-order valence-corrected chi connectivity index (χ4v) is 0.941. The molecule has 82 valence electrons. The fraction of sp³-hybridized carbons (Fsp3) is 0.222. The standard InChI is InChI=1S/C9H7F3O3/c10-9(11,12)15-8(14)7(13)6-4-2-1-3-5-6/h1-5,7,13H/t7-/m1/s1. The minimum absolute atomic E-state index is 0.0479. The Morgan fingerprint density at radius 1 is 1.27 bits per heavy atom. The highest BCUT2D eigenvalue weighted by Crippen LogP contribution is 2.21. The van der Waals surface area contributed by atoms with Crippen molar-refractivity contribution >= 4 is 5.97 Å². The Morgan fingerprint density at radius 3 is 2.27 bits per heavy atom. The summed E-state index contributed by atoms with van der Waals surface area (Å²) in [4.78, 5) is 10.8.